The predicted molar refractivity (Wildman–Crippen MR) is 122 cm³/mol. The number of carbonyl (C=O) groups excluding carboxylic acids is 2. The Hall–Kier alpha value is -2.91. The van der Waals surface area contributed by atoms with Crippen molar-refractivity contribution >= 4 is 40.8 Å². The van der Waals surface area contributed by atoms with Crippen LogP contribution < -0.4 is 5.32 Å². The third kappa shape index (κ3) is 5.37. The Bertz CT molecular complexity index is 1100. The Kier molecular flexibility index (Phi) is 7.07. The number of aromatic nitrogens is 3. The van der Waals surface area contributed by atoms with E-state index in [1.165, 1.54) is 4.90 Å². The van der Waals surface area contributed by atoms with Gasteiger partial charge in [0.25, 0.3) is 5.24 Å². The number of para-hydroxylation sites is 1. The van der Waals surface area contributed by atoms with Crippen LogP contribution in [0.25, 0.3) is 11.4 Å². The molecule has 0 aliphatic rings. The first kappa shape index (κ1) is 21.8. The molecular weight excluding hydrogens is 418 g/mol. The minimum Gasteiger partial charge on any atom is -0.339 e. The van der Waals surface area contributed by atoms with Gasteiger partial charge in [0.15, 0.2) is 10.6 Å². The molecule has 0 radical (unpaired) electrons. The van der Waals surface area contributed by atoms with Crippen LogP contribution in [0.15, 0.2) is 53.4 Å². The van der Waals surface area contributed by atoms with E-state index in [4.69, 9.17) is 12.2 Å². The number of amides is 2. The Morgan fingerprint density at radius 2 is 1.87 bits per heavy atom. The highest BCUT2D eigenvalue weighted by molar-refractivity contribution is 8.13. The van der Waals surface area contributed by atoms with E-state index < -0.39 is 0 Å². The summed E-state index contributed by atoms with van der Waals surface area (Å²) in [5, 5.41) is 9.90. The monoisotopic (exact) mass is 441 g/mol. The number of rotatable bonds is 6. The average Bonchev–Trinajstić information content (AvgIpc) is 3.08. The lowest BCUT2D eigenvalue weighted by Crippen LogP contribution is -2.18. The van der Waals surface area contributed by atoms with Crippen molar-refractivity contribution in [3.63, 3.8) is 0 Å². The van der Waals surface area contributed by atoms with E-state index in [0.717, 1.165) is 22.9 Å². The zero-order valence-electron chi connectivity index (χ0n) is 17.0. The lowest BCUT2D eigenvalue weighted by Gasteiger charge is -2.13. The SMILES string of the molecule is Cc1ccc(-c2n[nH]c(=S)n2CCC(=O)Nc2ccccc2SC(=O)N(C)C)cc1. The standard InChI is InChI=1S/C21H23N5O2S2/c1-14-8-10-15(11-9-14)19-23-24-20(29)26(19)13-12-18(27)22-16-6-4-5-7-17(16)30-21(28)25(2)3/h4-11H,12-13H2,1-3H3,(H,22,27)(H,24,29). The number of aryl methyl sites for hydroxylation is 1. The topological polar surface area (TPSA) is 83.0 Å². The van der Waals surface area contributed by atoms with E-state index in [2.05, 4.69) is 15.5 Å². The van der Waals surface area contributed by atoms with Crippen molar-refractivity contribution in [3.05, 3.63) is 58.9 Å². The summed E-state index contributed by atoms with van der Waals surface area (Å²) >= 11 is 6.42. The fourth-order valence-corrected chi connectivity index (χ4v) is 3.69. The minimum atomic E-state index is -0.168. The van der Waals surface area contributed by atoms with E-state index in [0.29, 0.717) is 27.7 Å². The van der Waals surface area contributed by atoms with Gasteiger partial charge in [-0.2, -0.15) is 5.10 Å². The van der Waals surface area contributed by atoms with Gasteiger partial charge >= 0.3 is 0 Å². The second-order valence-corrected chi connectivity index (χ2v) is 8.31. The number of nitrogens with zero attached hydrogens (tertiary/aromatic N) is 3. The van der Waals surface area contributed by atoms with Crippen molar-refractivity contribution < 1.29 is 9.59 Å². The summed E-state index contributed by atoms with van der Waals surface area (Å²) in [4.78, 5) is 26.8. The zero-order chi connectivity index (χ0) is 21.7. The highest BCUT2D eigenvalue weighted by Crippen LogP contribution is 2.28. The summed E-state index contributed by atoms with van der Waals surface area (Å²) in [5.74, 6) is 0.527. The molecular formula is C21H23N5O2S2. The summed E-state index contributed by atoms with van der Waals surface area (Å²) in [7, 11) is 3.38. The van der Waals surface area contributed by atoms with Gasteiger partial charge in [0.2, 0.25) is 5.91 Å². The van der Waals surface area contributed by atoms with Crippen LogP contribution in [-0.4, -0.2) is 44.9 Å². The van der Waals surface area contributed by atoms with E-state index in [9.17, 15) is 9.59 Å². The van der Waals surface area contributed by atoms with Crippen molar-refractivity contribution in [2.45, 2.75) is 24.8 Å². The molecule has 2 amide bonds. The smallest absolute Gasteiger partial charge is 0.286 e. The lowest BCUT2D eigenvalue weighted by atomic mass is 10.1. The maximum absolute atomic E-state index is 12.6. The summed E-state index contributed by atoms with van der Waals surface area (Å²) in [6.45, 7) is 2.41. The van der Waals surface area contributed by atoms with Gasteiger partial charge in [0, 0.05) is 37.5 Å². The van der Waals surface area contributed by atoms with Gasteiger partial charge in [-0.3, -0.25) is 19.3 Å². The van der Waals surface area contributed by atoms with Crippen molar-refractivity contribution in [2.24, 2.45) is 0 Å². The number of hydrogen-bond acceptors (Lipinski definition) is 5. The third-order valence-corrected chi connectivity index (χ3v) is 5.78. The molecule has 0 aliphatic carbocycles. The number of benzene rings is 2. The molecule has 0 aliphatic heterocycles. The molecule has 9 heteroatoms. The Balaban J connectivity index is 1.69. The van der Waals surface area contributed by atoms with Gasteiger partial charge in [-0.1, -0.05) is 42.0 Å². The van der Waals surface area contributed by atoms with E-state index in [1.807, 2.05) is 54.0 Å². The molecule has 1 heterocycles. The summed E-state index contributed by atoms with van der Waals surface area (Å²) < 4.78 is 2.28. The van der Waals surface area contributed by atoms with E-state index in [1.54, 1.807) is 20.2 Å². The van der Waals surface area contributed by atoms with Crippen molar-refractivity contribution in [1.82, 2.24) is 19.7 Å². The van der Waals surface area contributed by atoms with Gasteiger partial charge in [0.05, 0.1) is 5.69 Å². The van der Waals surface area contributed by atoms with Crippen LogP contribution in [0.4, 0.5) is 10.5 Å². The van der Waals surface area contributed by atoms with E-state index in [-0.39, 0.29) is 17.6 Å². The summed E-state index contributed by atoms with van der Waals surface area (Å²) in [5.41, 5.74) is 2.69. The fourth-order valence-electron chi connectivity index (χ4n) is 2.72. The van der Waals surface area contributed by atoms with Crippen LogP contribution in [0.2, 0.25) is 0 Å². The highest BCUT2D eigenvalue weighted by atomic mass is 32.2. The molecule has 2 aromatic carbocycles. The van der Waals surface area contributed by atoms with Crippen LogP contribution in [0.5, 0.6) is 0 Å². The summed E-state index contributed by atoms with van der Waals surface area (Å²) in [6, 6.07) is 15.2. The molecule has 7 nitrogen and oxygen atoms in total. The van der Waals surface area contributed by atoms with Crippen molar-refractivity contribution in [3.8, 4) is 11.4 Å². The second-order valence-electron chi connectivity index (χ2n) is 6.93. The fraction of sp³-hybridized carbons (Fsp3) is 0.238. The molecule has 0 spiro atoms. The van der Waals surface area contributed by atoms with Crippen molar-refractivity contribution in [2.75, 3.05) is 19.4 Å². The molecule has 0 unspecified atom stereocenters. The first-order valence-electron chi connectivity index (χ1n) is 9.35. The molecule has 0 saturated heterocycles. The first-order valence-corrected chi connectivity index (χ1v) is 10.6. The molecule has 0 bridgehead atoms. The first-order chi connectivity index (χ1) is 14.3. The lowest BCUT2D eigenvalue weighted by molar-refractivity contribution is -0.116. The van der Waals surface area contributed by atoms with Crippen molar-refractivity contribution in [1.29, 1.82) is 0 Å². The quantitative estimate of drug-likeness (QED) is 0.427. The third-order valence-electron chi connectivity index (χ3n) is 4.35. The van der Waals surface area contributed by atoms with Gasteiger partial charge in [0.1, 0.15) is 0 Å². The number of thioether (sulfide) groups is 1. The van der Waals surface area contributed by atoms with Crippen LogP contribution in [0.1, 0.15) is 12.0 Å². The molecule has 156 valence electrons. The molecule has 0 atom stereocenters. The average molecular weight is 442 g/mol. The Labute approximate surface area is 184 Å². The largest absolute Gasteiger partial charge is 0.339 e. The van der Waals surface area contributed by atoms with Gasteiger partial charge in [-0.25, -0.2) is 0 Å². The Morgan fingerprint density at radius 3 is 2.57 bits per heavy atom. The highest BCUT2D eigenvalue weighted by Gasteiger charge is 2.14. The van der Waals surface area contributed by atoms with Crippen LogP contribution in [-0.2, 0) is 11.3 Å². The maximum atomic E-state index is 12.6. The molecule has 3 rings (SSSR count). The number of hydrogen-bond donors (Lipinski definition) is 2. The molecule has 0 fully saturated rings. The number of anilines is 1. The van der Waals surface area contributed by atoms with Crippen LogP contribution in [0.3, 0.4) is 0 Å². The summed E-state index contributed by atoms with van der Waals surface area (Å²) in [6.07, 6.45) is 0.216. The predicted octanol–water partition coefficient (Wildman–Crippen LogP) is 4.72. The Morgan fingerprint density at radius 1 is 1.17 bits per heavy atom. The molecule has 0 saturated carbocycles. The molecule has 3 aromatic rings. The molecule has 30 heavy (non-hydrogen) atoms. The molecule has 2 N–H and O–H groups in total. The number of H-pyrrole nitrogens is 1. The van der Waals surface area contributed by atoms with Gasteiger partial charge < -0.3 is 10.2 Å². The maximum Gasteiger partial charge on any atom is 0.286 e. The van der Waals surface area contributed by atoms with E-state index >= 15 is 0 Å². The normalized spacial score (nSPS) is 10.6. The second kappa shape index (κ2) is 9.73. The minimum absolute atomic E-state index is 0.107. The van der Waals surface area contributed by atoms with Gasteiger partial charge in [-0.05, 0) is 43.0 Å². The van der Waals surface area contributed by atoms with Crippen LogP contribution >= 0.6 is 24.0 Å². The zero-order valence-corrected chi connectivity index (χ0v) is 18.6. The number of aromatic amines is 1. The number of nitrogens with one attached hydrogen (secondary N) is 2. The number of carbonyl (C=O) groups is 2. The van der Waals surface area contributed by atoms with Crippen LogP contribution in [0, 0.1) is 11.7 Å². The molecule has 1 aromatic heterocycles. The van der Waals surface area contributed by atoms with Gasteiger partial charge in [-0.15, -0.1) is 0 Å².